The van der Waals surface area contributed by atoms with Crippen LogP contribution in [-0.2, 0) is 0 Å². The number of hydrogen-bond acceptors (Lipinski definition) is 0. The van der Waals surface area contributed by atoms with Crippen molar-refractivity contribution in [3.8, 4) is 0 Å². The first-order chi connectivity index (χ1) is 5.16. The fraction of sp³-hybridized carbons (Fsp3) is 1.00. The third kappa shape index (κ3) is 0.711. The van der Waals surface area contributed by atoms with E-state index >= 15 is 0 Å². The number of hydrogen-bond donors (Lipinski definition) is 0. The highest BCUT2D eigenvalue weighted by Crippen LogP contribution is 2.66. The Balaban J connectivity index is 1.82. The van der Waals surface area contributed by atoms with E-state index in [2.05, 4.69) is 13.8 Å². The van der Waals surface area contributed by atoms with Crippen molar-refractivity contribution in [2.75, 3.05) is 0 Å². The number of rotatable bonds is 0. The van der Waals surface area contributed by atoms with Gasteiger partial charge in [0.2, 0.25) is 0 Å². The quantitative estimate of drug-likeness (QED) is 0.498. The molecule has 0 nitrogen and oxygen atoms in total. The summed E-state index contributed by atoms with van der Waals surface area (Å²) >= 11 is 0. The van der Waals surface area contributed by atoms with E-state index in [1.165, 1.54) is 24.7 Å². The van der Waals surface area contributed by atoms with Gasteiger partial charge in [0.1, 0.15) is 0 Å². The highest BCUT2D eigenvalue weighted by molar-refractivity contribution is 5.07. The maximum atomic E-state index is 2.47. The van der Waals surface area contributed by atoms with Crippen LogP contribution in [0.4, 0.5) is 0 Å². The second-order valence-corrected chi connectivity index (χ2v) is 5.90. The van der Waals surface area contributed by atoms with Gasteiger partial charge < -0.3 is 0 Å². The molecule has 0 aromatic carbocycles. The van der Waals surface area contributed by atoms with E-state index < -0.39 is 0 Å². The first kappa shape index (κ1) is 6.51. The molecule has 0 aromatic rings. The highest BCUT2D eigenvalue weighted by atomic mass is 14.6. The van der Waals surface area contributed by atoms with Crippen LogP contribution in [0.2, 0.25) is 0 Å². The smallest absolute Gasteiger partial charge is 0.0328 e. The summed E-state index contributed by atoms with van der Waals surface area (Å²) in [6.07, 6.45) is 6.24. The van der Waals surface area contributed by atoms with Crippen LogP contribution in [0.3, 0.4) is 0 Å². The molecule has 0 heteroatoms. The average Bonchev–Trinajstić information content (AvgIpc) is 1.77. The van der Waals surface area contributed by atoms with E-state index in [1.807, 2.05) is 0 Å². The van der Waals surface area contributed by atoms with Gasteiger partial charge in [-0.2, -0.15) is 0 Å². The van der Waals surface area contributed by atoms with Gasteiger partial charge in [-0.1, -0.05) is 13.8 Å². The monoisotopic (exact) mass is 150 g/mol. The van der Waals surface area contributed by atoms with Crippen LogP contribution in [-0.4, -0.2) is 0 Å². The summed E-state index contributed by atoms with van der Waals surface area (Å²) in [6.45, 7) is 4.93. The Hall–Kier alpha value is 0. The Morgan fingerprint density at radius 1 is 0.909 bits per heavy atom. The lowest BCUT2D eigenvalue weighted by Gasteiger charge is -2.65. The summed E-state index contributed by atoms with van der Waals surface area (Å²) < 4.78 is 0. The molecule has 0 radical (unpaired) electrons. The van der Waals surface area contributed by atoms with Crippen molar-refractivity contribution >= 4 is 0 Å². The van der Waals surface area contributed by atoms with Gasteiger partial charge in [0.05, 0.1) is 0 Å². The topological polar surface area (TPSA) is 0 Å². The molecule has 0 heterocycles. The van der Waals surface area contributed by atoms with Crippen LogP contribution in [0.15, 0.2) is 0 Å². The maximum absolute atomic E-state index is 2.47. The molecule has 2 atom stereocenters. The molecule has 0 saturated heterocycles. The molecule has 0 spiro atoms. The van der Waals surface area contributed by atoms with E-state index in [1.54, 1.807) is 12.8 Å². The predicted molar refractivity (Wildman–Crippen MR) is 46.2 cm³/mol. The third-order valence-corrected chi connectivity index (χ3v) is 4.47. The van der Waals surface area contributed by atoms with E-state index in [0.29, 0.717) is 5.41 Å². The highest BCUT2D eigenvalue weighted by Gasteiger charge is 2.58. The Bertz CT molecular complexity index is 174. The van der Waals surface area contributed by atoms with Crippen LogP contribution in [0.5, 0.6) is 0 Å². The Kier molecular flexibility index (Phi) is 0.990. The Morgan fingerprint density at radius 2 is 1.45 bits per heavy atom. The Morgan fingerprint density at radius 3 is 1.91 bits per heavy atom. The lowest BCUT2D eigenvalue weighted by atomic mass is 9.40. The van der Waals surface area contributed by atoms with Crippen molar-refractivity contribution < 1.29 is 0 Å². The largest absolute Gasteiger partial charge is 0.0599 e. The summed E-state index contributed by atoms with van der Waals surface area (Å²) in [7, 11) is 0. The molecule has 0 amide bonds. The van der Waals surface area contributed by atoms with Crippen molar-refractivity contribution in [2.45, 2.75) is 39.5 Å². The first-order valence-electron chi connectivity index (χ1n) is 5.16. The van der Waals surface area contributed by atoms with E-state index in [9.17, 15) is 0 Å². The zero-order valence-corrected chi connectivity index (χ0v) is 7.64. The van der Waals surface area contributed by atoms with Crippen LogP contribution in [0.1, 0.15) is 39.5 Å². The van der Waals surface area contributed by atoms with Gasteiger partial charge in [-0.15, -0.1) is 0 Å². The molecule has 0 aromatic heterocycles. The van der Waals surface area contributed by atoms with Gasteiger partial charge in [-0.25, -0.2) is 0 Å². The van der Waals surface area contributed by atoms with Gasteiger partial charge in [0, 0.05) is 0 Å². The molecular formula is C11H18. The molecule has 3 rings (SSSR count). The summed E-state index contributed by atoms with van der Waals surface area (Å²) in [5.41, 5.74) is 0.692. The SMILES string of the molecule is CC1(C)CC2CC3CC(C1)C32. The molecule has 11 heavy (non-hydrogen) atoms. The van der Waals surface area contributed by atoms with E-state index in [0.717, 1.165) is 11.8 Å². The van der Waals surface area contributed by atoms with Crippen molar-refractivity contribution in [1.29, 1.82) is 0 Å². The zero-order valence-electron chi connectivity index (χ0n) is 7.64. The molecule has 2 unspecified atom stereocenters. The first-order valence-corrected chi connectivity index (χ1v) is 5.16. The van der Waals surface area contributed by atoms with Crippen molar-refractivity contribution in [3.05, 3.63) is 0 Å². The molecule has 62 valence electrons. The minimum Gasteiger partial charge on any atom is -0.0599 e. The summed E-state index contributed by atoms with van der Waals surface area (Å²) in [4.78, 5) is 0. The fourth-order valence-corrected chi connectivity index (χ4v) is 4.21. The molecule has 0 aliphatic heterocycles. The van der Waals surface area contributed by atoms with Crippen LogP contribution >= 0.6 is 0 Å². The van der Waals surface area contributed by atoms with Gasteiger partial charge in [0.15, 0.2) is 0 Å². The van der Waals surface area contributed by atoms with Crippen LogP contribution in [0.25, 0.3) is 0 Å². The predicted octanol–water partition coefficient (Wildman–Crippen LogP) is 3.08. The van der Waals surface area contributed by atoms with E-state index in [-0.39, 0.29) is 0 Å². The fourth-order valence-electron chi connectivity index (χ4n) is 4.21. The molecule has 3 aliphatic rings. The molecule has 3 aliphatic carbocycles. The molecule has 3 saturated carbocycles. The zero-order chi connectivity index (χ0) is 7.64. The molecule has 3 fully saturated rings. The third-order valence-electron chi connectivity index (χ3n) is 4.47. The van der Waals surface area contributed by atoms with Gasteiger partial charge >= 0.3 is 0 Å². The second-order valence-electron chi connectivity index (χ2n) is 5.90. The van der Waals surface area contributed by atoms with Gasteiger partial charge in [0.25, 0.3) is 0 Å². The van der Waals surface area contributed by atoms with Crippen LogP contribution in [0, 0.1) is 29.1 Å². The molecule has 0 N–H and O–H groups in total. The summed E-state index contributed by atoms with van der Waals surface area (Å²) in [5, 5.41) is 0. The Labute approximate surface area is 69.4 Å². The summed E-state index contributed by atoms with van der Waals surface area (Å²) in [6, 6.07) is 0. The van der Waals surface area contributed by atoms with Crippen molar-refractivity contribution in [3.63, 3.8) is 0 Å². The second kappa shape index (κ2) is 1.67. The minimum atomic E-state index is 0.692. The maximum Gasteiger partial charge on any atom is -0.0328 e. The van der Waals surface area contributed by atoms with Crippen molar-refractivity contribution in [1.82, 2.24) is 0 Å². The molecule has 0 bridgehead atoms. The van der Waals surface area contributed by atoms with Crippen molar-refractivity contribution in [2.24, 2.45) is 29.1 Å². The lowest BCUT2D eigenvalue weighted by Crippen LogP contribution is -2.56. The summed E-state index contributed by atoms with van der Waals surface area (Å²) in [5.74, 6) is 4.72. The lowest BCUT2D eigenvalue weighted by molar-refractivity contribution is -0.154. The average molecular weight is 150 g/mol. The molecular weight excluding hydrogens is 132 g/mol. The van der Waals surface area contributed by atoms with Gasteiger partial charge in [-0.05, 0) is 54.8 Å². The van der Waals surface area contributed by atoms with Crippen LogP contribution < -0.4 is 0 Å². The normalized spacial score (nSPS) is 57.3. The standard InChI is InChI=1S/C11H18/c1-11(2)5-8-3-7-4-9(6-11)10(7)8/h7-10H,3-6H2,1-2H3. The van der Waals surface area contributed by atoms with Gasteiger partial charge in [-0.3, -0.25) is 0 Å². The van der Waals surface area contributed by atoms with E-state index in [4.69, 9.17) is 0 Å². The minimum absolute atomic E-state index is 0.692.